The minimum absolute atomic E-state index is 0.0842. The summed E-state index contributed by atoms with van der Waals surface area (Å²) in [5.41, 5.74) is 5.78. The highest BCUT2D eigenvalue weighted by Gasteiger charge is 2.16. The predicted molar refractivity (Wildman–Crippen MR) is 56.2 cm³/mol. The quantitative estimate of drug-likeness (QED) is 0.693. The van der Waals surface area contributed by atoms with Crippen LogP contribution < -0.4 is 5.73 Å². The number of nitrogens with two attached hydrogens (primary N) is 1. The summed E-state index contributed by atoms with van der Waals surface area (Å²) in [5, 5.41) is 9.82. The zero-order valence-corrected chi connectivity index (χ0v) is 8.94. The van der Waals surface area contributed by atoms with E-state index in [-0.39, 0.29) is 5.91 Å². The Balaban J connectivity index is 2.58. The van der Waals surface area contributed by atoms with Crippen molar-refractivity contribution in [2.24, 2.45) is 5.73 Å². The Morgan fingerprint density at radius 1 is 1.60 bits per heavy atom. The minimum atomic E-state index is -0.0842. The van der Waals surface area contributed by atoms with Crippen molar-refractivity contribution in [3.63, 3.8) is 0 Å². The summed E-state index contributed by atoms with van der Waals surface area (Å²) in [4.78, 5) is 13.6. The van der Waals surface area contributed by atoms with Gasteiger partial charge in [0.05, 0.1) is 6.20 Å². The van der Waals surface area contributed by atoms with Gasteiger partial charge in [-0.25, -0.2) is 0 Å². The lowest BCUT2D eigenvalue weighted by molar-refractivity contribution is 0.0748. The number of nitrogens with zero attached hydrogens (tertiary/aromatic N) is 3. The van der Waals surface area contributed by atoms with Gasteiger partial charge in [-0.05, 0) is 19.4 Å². The Morgan fingerprint density at radius 2 is 2.40 bits per heavy atom. The number of nitrogens with one attached hydrogen (secondary N) is 1. The van der Waals surface area contributed by atoms with E-state index in [0.717, 1.165) is 19.4 Å². The summed E-state index contributed by atoms with van der Waals surface area (Å²) < 4.78 is 0. The number of carbonyl (C=O) groups is 1. The molecule has 1 aromatic heterocycles. The maximum absolute atomic E-state index is 11.9. The predicted octanol–water partition coefficient (Wildman–Crippen LogP) is 0.00570. The summed E-state index contributed by atoms with van der Waals surface area (Å²) in [6.45, 7) is 4.03. The second-order valence-electron chi connectivity index (χ2n) is 3.29. The molecule has 3 N–H and O–H groups in total. The van der Waals surface area contributed by atoms with Gasteiger partial charge in [-0.15, -0.1) is 0 Å². The third-order valence-electron chi connectivity index (χ3n) is 2.05. The van der Waals surface area contributed by atoms with Crippen molar-refractivity contribution in [2.75, 3.05) is 19.6 Å². The molecule has 0 aliphatic heterocycles. The number of aromatic nitrogens is 3. The highest BCUT2D eigenvalue weighted by molar-refractivity contribution is 5.91. The fourth-order valence-electron chi connectivity index (χ4n) is 1.33. The van der Waals surface area contributed by atoms with Gasteiger partial charge in [0.1, 0.15) is 0 Å². The lowest BCUT2D eigenvalue weighted by atomic mass is 10.3. The topological polar surface area (TPSA) is 87.9 Å². The van der Waals surface area contributed by atoms with E-state index in [1.54, 1.807) is 4.90 Å². The summed E-state index contributed by atoms with van der Waals surface area (Å²) in [7, 11) is 0. The molecule has 6 nitrogen and oxygen atoms in total. The first kappa shape index (κ1) is 11.6. The van der Waals surface area contributed by atoms with Crippen molar-refractivity contribution in [3.05, 3.63) is 11.9 Å². The third kappa shape index (κ3) is 3.32. The lowest BCUT2D eigenvalue weighted by Gasteiger charge is -2.20. The van der Waals surface area contributed by atoms with Crippen LogP contribution in [-0.4, -0.2) is 45.9 Å². The van der Waals surface area contributed by atoms with Crippen LogP contribution in [-0.2, 0) is 0 Å². The van der Waals surface area contributed by atoms with Crippen LogP contribution in [0.5, 0.6) is 0 Å². The van der Waals surface area contributed by atoms with Gasteiger partial charge in [0.25, 0.3) is 5.91 Å². The van der Waals surface area contributed by atoms with Gasteiger partial charge < -0.3 is 10.6 Å². The second-order valence-corrected chi connectivity index (χ2v) is 3.29. The van der Waals surface area contributed by atoms with E-state index < -0.39 is 0 Å². The second kappa shape index (κ2) is 6.13. The zero-order valence-electron chi connectivity index (χ0n) is 8.94. The molecule has 0 radical (unpaired) electrons. The van der Waals surface area contributed by atoms with E-state index in [1.807, 2.05) is 6.92 Å². The molecule has 84 valence electrons. The van der Waals surface area contributed by atoms with Gasteiger partial charge in [0.2, 0.25) is 0 Å². The smallest absolute Gasteiger partial charge is 0.276 e. The Kier molecular flexibility index (Phi) is 4.76. The van der Waals surface area contributed by atoms with Crippen molar-refractivity contribution < 1.29 is 4.79 Å². The number of H-pyrrole nitrogens is 1. The van der Waals surface area contributed by atoms with Crippen LogP contribution in [0, 0.1) is 0 Å². The Hall–Kier alpha value is -1.43. The molecule has 0 aliphatic carbocycles. The molecular weight excluding hydrogens is 194 g/mol. The number of rotatable bonds is 6. The first-order chi connectivity index (χ1) is 7.29. The van der Waals surface area contributed by atoms with E-state index in [1.165, 1.54) is 6.20 Å². The molecule has 1 heterocycles. The van der Waals surface area contributed by atoms with Gasteiger partial charge in [-0.2, -0.15) is 15.4 Å². The van der Waals surface area contributed by atoms with Gasteiger partial charge >= 0.3 is 0 Å². The van der Waals surface area contributed by atoms with Crippen molar-refractivity contribution in [2.45, 2.75) is 19.8 Å². The van der Waals surface area contributed by atoms with Gasteiger partial charge in [0, 0.05) is 13.1 Å². The third-order valence-corrected chi connectivity index (χ3v) is 2.05. The summed E-state index contributed by atoms with van der Waals surface area (Å²) in [6.07, 6.45) is 3.17. The molecule has 0 spiro atoms. The monoisotopic (exact) mass is 211 g/mol. The maximum atomic E-state index is 11.9. The molecule has 15 heavy (non-hydrogen) atoms. The van der Waals surface area contributed by atoms with E-state index >= 15 is 0 Å². The van der Waals surface area contributed by atoms with Crippen molar-refractivity contribution in [1.29, 1.82) is 0 Å². The van der Waals surface area contributed by atoms with E-state index in [9.17, 15) is 4.79 Å². The van der Waals surface area contributed by atoms with Crippen LogP contribution >= 0.6 is 0 Å². The van der Waals surface area contributed by atoms with E-state index in [0.29, 0.717) is 18.8 Å². The molecule has 6 heteroatoms. The largest absolute Gasteiger partial charge is 0.337 e. The van der Waals surface area contributed by atoms with Crippen LogP contribution in [0.25, 0.3) is 0 Å². The molecule has 0 saturated carbocycles. The number of amides is 1. The molecular formula is C9H17N5O. The van der Waals surface area contributed by atoms with E-state index in [2.05, 4.69) is 15.4 Å². The Bertz CT molecular complexity index is 285. The average Bonchev–Trinajstić information content (AvgIpc) is 2.76. The fourth-order valence-corrected chi connectivity index (χ4v) is 1.33. The fraction of sp³-hybridized carbons (Fsp3) is 0.667. The maximum Gasteiger partial charge on any atom is 0.276 e. The molecule has 1 amide bonds. The molecule has 0 aromatic carbocycles. The highest BCUT2D eigenvalue weighted by atomic mass is 16.2. The number of hydrogen-bond acceptors (Lipinski definition) is 4. The molecule has 0 atom stereocenters. The summed E-state index contributed by atoms with van der Waals surface area (Å²) >= 11 is 0. The van der Waals surface area contributed by atoms with Crippen LogP contribution in [0.15, 0.2) is 6.20 Å². The van der Waals surface area contributed by atoms with Crippen LogP contribution in [0.4, 0.5) is 0 Å². The molecule has 1 rings (SSSR count). The van der Waals surface area contributed by atoms with Crippen LogP contribution in [0.3, 0.4) is 0 Å². The van der Waals surface area contributed by atoms with Crippen LogP contribution in [0.1, 0.15) is 30.3 Å². The normalized spacial score (nSPS) is 10.3. The van der Waals surface area contributed by atoms with Crippen molar-refractivity contribution in [1.82, 2.24) is 20.3 Å². The van der Waals surface area contributed by atoms with Gasteiger partial charge in [-0.3, -0.25) is 4.79 Å². The lowest BCUT2D eigenvalue weighted by Crippen LogP contribution is -2.33. The first-order valence-corrected chi connectivity index (χ1v) is 5.14. The van der Waals surface area contributed by atoms with Crippen molar-refractivity contribution >= 4 is 5.91 Å². The van der Waals surface area contributed by atoms with Gasteiger partial charge in [0.15, 0.2) is 5.69 Å². The highest BCUT2D eigenvalue weighted by Crippen LogP contribution is 2.01. The molecule has 0 bridgehead atoms. The van der Waals surface area contributed by atoms with Crippen LogP contribution in [0.2, 0.25) is 0 Å². The molecule has 1 aromatic rings. The Labute approximate surface area is 88.8 Å². The molecule has 0 unspecified atom stereocenters. The summed E-state index contributed by atoms with van der Waals surface area (Å²) in [6, 6.07) is 0. The first-order valence-electron chi connectivity index (χ1n) is 5.14. The van der Waals surface area contributed by atoms with E-state index in [4.69, 9.17) is 5.73 Å². The van der Waals surface area contributed by atoms with Crippen molar-refractivity contribution in [3.8, 4) is 0 Å². The molecule has 0 fully saturated rings. The number of aromatic amines is 1. The zero-order chi connectivity index (χ0) is 11.1. The Morgan fingerprint density at radius 3 is 2.93 bits per heavy atom. The average molecular weight is 211 g/mol. The summed E-state index contributed by atoms with van der Waals surface area (Å²) in [5.74, 6) is -0.0842. The van der Waals surface area contributed by atoms with Gasteiger partial charge in [-0.1, -0.05) is 6.92 Å². The number of carbonyl (C=O) groups excluding carboxylic acids is 1. The minimum Gasteiger partial charge on any atom is -0.337 e. The SMILES string of the molecule is CCCN(CCCN)C(=O)c1cn[nH]n1. The molecule has 0 aliphatic rings. The standard InChI is InChI=1S/C9H17N5O/c1-2-5-14(6-3-4-10)9(15)8-7-11-13-12-8/h7H,2-6,10H2,1H3,(H,11,12,13). The number of hydrogen-bond donors (Lipinski definition) is 2. The molecule has 0 saturated heterocycles.